The zero-order valence-electron chi connectivity index (χ0n) is 12.4. The lowest BCUT2D eigenvalue weighted by Crippen LogP contribution is -2.35. The van der Waals surface area contributed by atoms with Gasteiger partial charge in [0.25, 0.3) is 0 Å². The van der Waals surface area contributed by atoms with Crippen molar-refractivity contribution in [1.82, 2.24) is 4.90 Å². The molecule has 2 saturated carbocycles. The highest BCUT2D eigenvalue weighted by molar-refractivity contribution is 5.84. The van der Waals surface area contributed by atoms with Crippen LogP contribution in [0.1, 0.15) is 59.8 Å². The van der Waals surface area contributed by atoms with Gasteiger partial charge in [0, 0.05) is 13.0 Å². The smallest absolute Gasteiger partial charge is 0.149 e. The van der Waals surface area contributed by atoms with Gasteiger partial charge in [-0.25, -0.2) is 0 Å². The number of carbonyl (C=O) groups is 1. The van der Waals surface area contributed by atoms with E-state index in [0.717, 1.165) is 13.0 Å². The summed E-state index contributed by atoms with van der Waals surface area (Å²) >= 11 is 0. The van der Waals surface area contributed by atoms with Crippen LogP contribution >= 0.6 is 0 Å². The van der Waals surface area contributed by atoms with E-state index in [2.05, 4.69) is 25.7 Å². The highest BCUT2D eigenvalue weighted by Gasteiger charge is 2.84. The van der Waals surface area contributed by atoms with Gasteiger partial charge in [-0.2, -0.15) is 0 Å². The van der Waals surface area contributed by atoms with Crippen molar-refractivity contribution in [2.75, 3.05) is 13.1 Å². The molecule has 3 aliphatic rings. The monoisotopic (exact) mass is 249 g/mol. The molecule has 0 bridgehead atoms. The number of nitrogens with zero attached hydrogens (tertiary/aromatic N) is 1. The molecule has 1 saturated heterocycles. The summed E-state index contributed by atoms with van der Waals surface area (Å²) in [6.07, 6.45) is 6.06. The van der Waals surface area contributed by atoms with E-state index in [1.54, 1.807) is 0 Å². The molecule has 2 aliphatic carbocycles. The summed E-state index contributed by atoms with van der Waals surface area (Å²) in [6.45, 7) is 11.3. The molecule has 102 valence electrons. The third-order valence-corrected chi connectivity index (χ3v) is 7.04. The van der Waals surface area contributed by atoms with Crippen molar-refractivity contribution >= 4 is 5.78 Å². The van der Waals surface area contributed by atoms with Gasteiger partial charge in [-0.3, -0.25) is 9.69 Å². The fourth-order valence-electron chi connectivity index (χ4n) is 5.56. The average Bonchev–Trinajstić information content (AvgIpc) is 2.60. The van der Waals surface area contributed by atoms with E-state index < -0.39 is 0 Å². The Morgan fingerprint density at radius 2 is 1.89 bits per heavy atom. The zero-order valence-corrected chi connectivity index (χ0v) is 12.4. The average molecular weight is 249 g/mol. The number of hydrogen-bond donors (Lipinski definition) is 0. The third kappa shape index (κ3) is 1.12. The van der Waals surface area contributed by atoms with Crippen molar-refractivity contribution in [2.45, 2.75) is 65.8 Å². The molecule has 2 heteroatoms. The van der Waals surface area contributed by atoms with Crippen LogP contribution in [0.5, 0.6) is 0 Å². The van der Waals surface area contributed by atoms with Gasteiger partial charge < -0.3 is 0 Å². The standard InChI is InChI=1S/C16H27NO/c1-5-13(18)12-10-16(11-17(12)6-2)14(3,4)15(16)8-7-9-15/h12H,5-11H2,1-4H3/t12-,16+/m0/s1. The van der Waals surface area contributed by atoms with Gasteiger partial charge in [-0.05, 0) is 42.1 Å². The molecule has 0 N–H and O–H groups in total. The summed E-state index contributed by atoms with van der Waals surface area (Å²) in [6, 6.07) is 0.222. The number of likely N-dealkylation sites (N-methyl/N-ethyl adjacent to an activating group) is 1. The number of hydrogen-bond acceptors (Lipinski definition) is 2. The second kappa shape index (κ2) is 3.59. The van der Waals surface area contributed by atoms with Crippen molar-refractivity contribution in [3.63, 3.8) is 0 Å². The SMILES string of the molecule is CCC(=O)[C@@H]1C[C@@]2(CN1CC)C(C)(C)C21CCC1. The fraction of sp³-hybridized carbons (Fsp3) is 0.938. The number of likely N-dealkylation sites (tertiary alicyclic amines) is 1. The lowest BCUT2D eigenvalue weighted by Gasteiger charge is -2.32. The molecule has 3 fully saturated rings. The predicted molar refractivity (Wildman–Crippen MR) is 73.4 cm³/mol. The van der Waals surface area contributed by atoms with Crippen molar-refractivity contribution < 1.29 is 4.79 Å². The maximum absolute atomic E-state index is 12.2. The number of carbonyl (C=O) groups excluding carboxylic acids is 1. The minimum Gasteiger partial charge on any atom is -0.298 e. The number of ketones is 1. The normalized spacial score (nSPS) is 40.1. The van der Waals surface area contributed by atoms with Gasteiger partial charge in [-0.15, -0.1) is 0 Å². The van der Waals surface area contributed by atoms with Crippen LogP contribution in [-0.2, 0) is 4.79 Å². The van der Waals surface area contributed by atoms with Gasteiger partial charge in [0.1, 0.15) is 5.78 Å². The highest BCUT2D eigenvalue weighted by atomic mass is 16.1. The topological polar surface area (TPSA) is 20.3 Å². The van der Waals surface area contributed by atoms with Gasteiger partial charge in [-0.1, -0.05) is 34.1 Å². The summed E-state index contributed by atoms with van der Waals surface area (Å²) in [5, 5.41) is 0. The quantitative estimate of drug-likeness (QED) is 0.765. The largest absolute Gasteiger partial charge is 0.298 e. The Balaban J connectivity index is 1.87. The Labute approximate surface area is 111 Å². The molecule has 0 amide bonds. The number of rotatable bonds is 3. The Morgan fingerprint density at radius 3 is 2.28 bits per heavy atom. The zero-order chi connectivity index (χ0) is 13.2. The Hall–Kier alpha value is -0.370. The molecule has 2 atom stereocenters. The maximum Gasteiger partial charge on any atom is 0.149 e. The first kappa shape index (κ1) is 12.7. The molecule has 0 aromatic carbocycles. The van der Waals surface area contributed by atoms with Gasteiger partial charge in [0.05, 0.1) is 6.04 Å². The van der Waals surface area contributed by atoms with Gasteiger partial charge in [0.15, 0.2) is 0 Å². The molecule has 2 nitrogen and oxygen atoms in total. The van der Waals surface area contributed by atoms with E-state index in [1.165, 1.54) is 25.8 Å². The van der Waals surface area contributed by atoms with E-state index in [9.17, 15) is 4.79 Å². The van der Waals surface area contributed by atoms with Gasteiger partial charge in [0.2, 0.25) is 0 Å². The van der Waals surface area contributed by atoms with E-state index >= 15 is 0 Å². The molecule has 3 rings (SSSR count). The molecule has 0 unspecified atom stereocenters. The Kier molecular flexibility index (Phi) is 2.53. The van der Waals surface area contributed by atoms with E-state index in [1.807, 2.05) is 6.92 Å². The minimum atomic E-state index is 0.222. The van der Waals surface area contributed by atoms with Crippen LogP contribution in [-0.4, -0.2) is 29.8 Å². The lowest BCUT2D eigenvalue weighted by atomic mass is 9.73. The second-order valence-corrected chi connectivity index (χ2v) is 7.25. The summed E-state index contributed by atoms with van der Waals surface area (Å²) in [4.78, 5) is 14.6. The maximum atomic E-state index is 12.2. The minimum absolute atomic E-state index is 0.222. The summed E-state index contributed by atoms with van der Waals surface area (Å²) < 4.78 is 0. The number of Topliss-reactive ketones (excluding diaryl/α,β-unsaturated/α-hetero) is 1. The summed E-state index contributed by atoms with van der Waals surface area (Å²) in [5.41, 5.74) is 1.52. The molecular formula is C16H27NO. The van der Waals surface area contributed by atoms with Crippen LogP contribution in [0.3, 0.4) is 0 Å². The molecule has 0 aromatic heterocycles. The van der Waals surface area contributed by atoms with Crippen molar-refractivity contribution in [3.05, 3.63) is 0 Å². The van der Waals surface area contributed by atoms with E-state index in [-0.39, 0.29) is 6.04 Å². The van der Waals surface area contributed by atoms with E-state index in [4.69, 9.17) is 0 Å². The molecule has 0 radical (unpaired) electrons. The van der Waals surface area contributed by atoms with Crippen LogP contribution in [0, 0.1) is 16.2 Å². The summed E-state index contributed by atoms with van der Waals surface area (Å²) in [5.74, 6) is 0.464. The molecule has 0 aromatic rings. The van der Waals surface area contributed by atoms with Crippen LogP contribution in [0.2, 0.25) is 0 Å². The van der Waals surface area contributed by atoms with Crippen molar-refractivity contribution in [1.29, 1.82) is 0 Å². The number of fused-ring (bicyclic) bond motifs is 1. The summed E-state index contributed by atoms with van der Waals surface area (Å²) in [7, 11) is 0. The van der Waals surface area contributed by atoms with Crippen molar-refractivity contribution in [2.24, 2.45) is 16.2 Å². The first-order chi connectivity index (χ1) is 8.46. The fourth-order valence-corrected chi connectivity index (χ4v) is 5.56. The first-order valence-corrected chi connectivity index (χ1v) is 7.72. The lowest BCUT2D eigenvalue weighted by molar-refractivity contribution is -0.123. The molecule has 18 heavy (non-hydrogen) atoms. The van der Waals surface area contributed by atoms with E-state index in [0.29, 0.717) is 28.4 Å². The van der Waals surface area contributed by atoms with Crippen LogP contribution in [0.25, 0.3) is 0 Å². The third-order valence-electron chi connectivity index (χ3n) is 7.04. The van der Waals surface area contributed by atoms with Gasteiger partial charge >= 0.3 is 0 Å². The molecular weight excluding hydrogens is 222 g/mol. The predicted octanol–water partition coefficient (Wildman–Crippen LogP) is 3.26. The molecule has 1 aliphatic heterocycles. The highest BCUT2D eigenvalue weighted by Crippen LogP contribution is 2.88. The molecule has 2 spiro atoms. The molecule has 1 heterocycles. The van der Waals surface area contributed by atoms with Crippen LogP contribution in [0.15, 0.2) is 0 Å². The second-order valence-electron chi connectivity index (χ2n) is 7.25. The van der Waals surface area contributed by atoms with Crippen LogP contribution < -0.4 is 0 Å². The first-order valence-electron chi connectivity index (χ1n) is 7.72. The Bertz CT molecular complexity index is 383. The van der Waals surface area contributed by atoms with Crippen molar-refractivity contribution in [3.8, 4) is 0 Å². The Morgan fingerprint density at radius 1 is 1.22 bits per heavy atom. The van der Waals surface area contributed by atoms with Crippen LogP contribution in [0.4, 0.5) is 0 Å².